The largest absolute Gasteiger partial charge is 0.472 e. The zero-order valence-corrected chi connectivity index (χ0v) is 37.9. The maximum absolute atomic E-state index is 12.8. The molecule has 0 aromatic carbocycles. The summed E-state index contributed by atoms with van der Waals surface area (Å²) in [4.78, 5) is 22.7. The third kappa shape index (κ3) is 41.8. The highest BCUT2D eigenvalue weighted by Gasteiger charge is 2.26. The van der Waals surface area contributed by atoms with Gasteiger partial charge >= 0.3 is 7.82 Å². The van der Waals surface area contributed by atoms with E-state index in [1.807, 2.05) is 6.08 Å². The summed E-state index contributed by atoms with van der Waals surface area (Å²) in [6.45, 7) is 3.97. The molecule has 0 aliphatic rings. The number of nitrogens with two attached hydrogens (primary N) is 1. The van der Waals surface area contributed by atoms with Gasteiger partial charge in [-0.25, -0.2) is 4.57 Å². The molecule has 0 radical (unpaired) electrons. The van der Waals surface area contributed by atoms with Gasteiger partial charge in [0.25, 0.3) is 0 Å². The minimum atomic E-state index is -4.36. The highest BCUT2D eigenvalue weighted by Crippen LogP contribution is 2.43. The average molecular weight is 831 g/mol. The van der Waals surface area contributed by atoms with Crippen molar-refractivity contribution in [1.82, 2.24) is 5.32 Å². The molecule has 0 fully saturated rings. The van der Waals surface area contributed by atoms with E-state index in [2.05, 4.69) is 92.1 Å². The quantitative estimate of drug-likeness (QED) is 0.0274. The van der Waals surface area contributed by atoms with Crippen molar-refractivity contribution in [1.29, 1.82) is 0 Å². The number of aliphatic hydroxyl groups is 1. The maximum atomic E-state index is 12.8. The molecule has 0 saturated heterocycles. The lowest BCUT2D eigenvalue weighted by Crippen LogP contribution is -2.45. The number of nitrogens with one attached hydrogen (secondary N) is 1. The normalized spacial score (nSPS) is 14.8. The summed E-state index contributed by atoms with van der Waals surface area (Å²) >= 11 is 0. The van der Waals surface area contributed by atoms with Crippen LogP contribution in [-0.2, 0) is 18.4 Å². The van der Waals surface area contributed by atoms with Crippen LogP contribution in [0.5, 0.6) is 0 Å². The number of carbonyl (C=O) groups is 1. The summed E-state index contributed by atoms with van der Waals surface area (Å²) in [5.41, 5.74) is 5.38. The second kappa shape index (κ2) is 44.2. The Morgan fingerprint density at radius 1 is 0.586 bits per heavy atom. The van der Waals surface area contributed by atoms with Gasteiger partial charge in [0.1, 0.15) is 0 Å². The van der Waals surface area contributed by atoms with E-state index >= 15 is 0 Å². The molecule has 3 unspecified atom stereocenters. The van der Waals surface area contributed by atoms with E-state index in [1.165, 1.54) is 89.9 Å². The van der Waals surface area contributed by atoms with Crippen LogP contribution < -0.4 is 11.1 Å². The minimum Gasteiger partial charge on any atom is -0.387 e. The van der Waals surface area contributed by atoms with Gasteiger partial charge in [0.05, 0.1) is 25.4 Å². The molecule has 3 atom stereocenters. The van der Waals surface area contributed by atoms with Gasteiger partial charge in [-0.1, -0.05) is 189 Å². The molecular formula is C49H87N2O6P. The molecule has 0 heterocycles. The van der Waals surface area contributed by atoms with Gasteiger partial charge in [0.15, 0.2) is 0 Å². The second-order valence-electron chi connectivity index (χ2n) is 15.2. The summed E-state index contributed by atoms with van der Waals surface area (Å²) in [5.74, 6) is -0.238. The highest BCUT2D eigenvalue weighted by atomic mass is 31.2. The van der Waals surface area contributed by atoms with Gasteiger partial charge in [0, 0.05) is 13.0 Å². The van der Waals surface area contributed by atoms with Crippen molar-refractivity contribution in [2.75, 3.05) is 19.8 Å². The first-order valence-electron chi connectivity index (χ1n) is 23.2. The van der Waals surface area contributed by atoms with Crippen molar-refractivity contribution in [2.24, 2.45) is 5.73 Å². The predicted octanol–water partition coefficient (Wildman–Crippen LogP) is 13.4. The molecule has 58 heavy (non-hydrogen) atoms. The number of carbonyl (C=O) groups excluding carboxylic acids is 1. The lowest BCUT2D eigenvalue weighted by atomic mass is 10.0. The van der Waals surface area contributed by atoms with Gasteiger partial charge in [-0.15, -0.1) is 0 Å². The standard InChI is InChI=1S/C49H87N2O6P/c1-3-5-7-9-11-13-15-17-19-21-23-25-26-28-30-32-34-36-38-40-42-48(52)47(46-57-58(54,55)56-45-44-50)51-49(53)43-41-39-37-35-33-31-29-27-24-22-20-18-16-14-12-10-8-6-4-2/h6,8,12,14,18,20,24,27,31-34,40,42,47-48,52H,3-5,7,9-11,13,15-17,19,21-23,25-26,28-30,35-39,41,43-46,50H2,1-2H3,(H,51,53)(H,54,55)/b8-6-,14-12-,20-18-,27-24-,33-31-,34-32+,42-40+. The fraction of sp³-hybridized carbons (Fsp3) is 0.694. The number of unbranched alkanes of at least 4 members (excludes halogenated alkanes) is 18. The number of aliphatic hydroxyl groups excluding tert-OH is 1. The minimum absolute atomic E-state index is 0.0639. The highest BCUT2D eigenvalue weighted by molar-refractivity contribution is 7.47. The predicted molar refractivity (Wildman–Crippen MR) is 249 cm³/mol. The van der Waals surface area contributed by atoms with Gasteiger partial charge < -0.3 is 21.1 Å². The van der Waals surface area contributed by atoms with Crippen molar-refractivity contribution < 1.29 is 28.4 Å². The number of phosphoric ester groups is 1. The number of hydrogen-bond donors (Lipinski definition) is 4. The summed E-state index contributed by atoms with van der Waals surface area (Å²) < 4.78 is 22.1. The molecule has 0 aromatic rings. The van der Waals surface area contributed by atoms with Crippen LogP contribution in [0.15, 0.2) is 85.1 Å². The first-order chi connectivity index (χ1) is 28.4. The number of phosphoric acid groups is 1. The molecule has 0 saturated carbocycles. The van der Waals surface area contributed by atoms with E-state index in [4.69, 9.17) is 14.8 Å². The lowest BCUT2D eigenvalue weighted by molar-refractivity contribution is -0.123. The second-order valence-corrected chi connectivity index (χ2v) is 16.7. The monoisotopic (exact) mass is 831 g/mol. The Bertz CT molecular complexity index is 1180. The molecule has 8 nitrogen and oxygen atoms in total. The number of hydrogen-bond acceptors (Lipinski definition) is 6. The lowest BCUT2D eigenvalue weighted by Gasteiger charge is -2.23. The zero-order valence-electron chi connectivity index (χ0n) is 37.0. The molecular weight excluding hydrogens is 744 g/mol. The fourth-order valence-corrected chi connectivity index (χ4v) is 6.99. The molecule has 1 amide bonds. The summed E-state index contributed by atoms with van der Waals surface area (Å²) in [6, 6.07) is -0.900. The van der Waals surface area contributed by atoms with Crippen LogP contribution in [0.3, 0.4) is 0 Å². The van der Waals surface area contributed by atoms with Crippen molar-refractivity contribution in [3.05, 3.63) is 85.1 Å². The Kier molecular flexibility index (Phi) is 42.5. The fourth-order valence-electron chi connectivity index (χ4n) is 6.23. The van der Waals surface area contributed by atoms with E-state index in [-0.39, 0.29) is 25.7 Å². The number of allylic oxidation sites excluding steroid dienone is 13. The van der Waals surface area contributed by atoms with Crippen molar-refractivity contribution in [2.45, 2.75) is 199 Å². The van der Waals surface area contributed by atoms with Crippen LogP contribution in [0.1, 0.15) is 187 Å². The smallest absolute Gasteiger partial charge is 0.387 e. The molecule has 5 N–H and O–H groups in total. The van der Waals surface area contributed by atoms with E-state index in [1.54, 1.807) is 6.08 Å². The van der Waals surface area contributed by atoms with Gasteiger partial charge in [0.2, 0.25) is 5.91 Å². The van der Waals surface area contributed by atoms with Crippen LogP contribution in [0.25, 0.3) is 0 Å². The van der Waals surface area contributed by atoms with Gasteiger partial charge in [-0.05, 0) is 77.0 Å². The van der Waals surface area contributed by atoms with E-state index in [0.717, 1.165) is 70.6 Å². The zero-order chi connectivity index (χ0) is 42.5. The van der Waals surface area contributed by atoms with Crippen molar-refractivity contribution >= 4 is 13.7 Å². The first-order valence-corrected chi connectivity index (χ1v) is 24.7. The Hall–Kier alpha value is -2.32. The maximum Gasteiger partial charge on any atom is 0.472 e. The van der Waals surface area contributed by atoms with Crippen molar-refractivity contribution in [3.63, 3.8) is 0 Å². The summed E-state index contributed by atoms with van der Waals surface area (Å²) in [6.07, 6.45) is 59.3. The van der Waals surface area contributed by atoms with E-state index < -0.39 is 20.0 Å². The molecule has 0 aliphatic heterocycles. The third-order valence-corrected chi connectivity index (χ3v) is 10.7. The van der Waals surface area contributed by atoms with Crippen LogP contribution >= 0.6 is 7.82 Å². The van der Waals surface area contributed by atoms with E-state index in [9.17, 15) is 19.4 Å². The van der Waals surface area contributed by atoms with Crippen LogP contribution in [0.2, 0.25) is 0 Å². The van der Waals surface area contributed by atoms with Gasteiger partial charge in [-0.2, -0.15) is 0 Å². The molecule has 0 aliphatic carbocycles. The van der Waals surface area contributed by atoms with Gasteiger partial charge in [-0.3, -0.25) is 13.8 Å². The van der Waals surface area contributed by atoms with Crippen molar-refractivity contribution in [3.8, 4) is 0 Å². The molecule has 0 aromatic heterocycles. The number of rotatable bonds is 42. The summed E-state index contributed by atoms with van der Waals surface area (Å²) in [7, 11) is -4.36. The van der Waals surface area contributed by atoms with E-state index in [0.29, 0.717) is 12.8 Å². The average Bonchev–Trinajstić information content (AvgIpc) is 3.21. The van der Waals surface area contributed by atoms with Crippen LogP contribution in [0, 0.1) is 0 Å². The summed E-state index contributed by atoms with van der Waals surface area (Å²) in [5, 5.41) is 13.7. The third-order valence-electron chi connectivity index (χ3n) is 9.70. The number of amides is 1. The molecule has 0 bridgehead atoms. The van der Waals surface area contributed by atoms with Crippen LogP contribution in [0.4, 0.5) is 0 Å². The molecule has 0 rings (SSSR count). The Labute approximate surface area is 356 Å². The Morgan fingerprint density at radius 3 is 1.53 bits per heavy atom. The first kappa shape index (κ1) is 55.7. The Morgan fingerprint density at radius 2 is 1.02 bits per heavy atom. The SMILES string of the molecule is CC/C=C\C/C=C\C/C=C\C/C=C\C/C=C\CCCCCC(=O)NC(COP(=O)(O)OCCN)C(O)/C=C/CC/C=C/CCCCCCCCCCCCCCCC. The van der Waals surface area contributed by atoms with Crippen LogP contribution in [-0.4, -0.2) is 47.8 Å². The molecule has 334 valence electrons. The molecule has 9 heteroatoms. The molecule has 0 spiro atoms. The Balaban J connectivity index is 4.31. The topological polar surface area (TPSA) is 131 Å².